The second-order valence-electron chi connectivity index (χ2n) is 5.47. The van der Waals surface area contributed by atoms with E-state index in [4.69, 9.17) is 0 Å². The number of hydrogen-bond donors (Lipinski definition) is 0. The zero-order chi connectivity index (χ0) is 13.2. The van der Waals surface area contributed by atoms with Gasteiger partial charge in [0.25, 0.3) is 0 Å². The number of anilines is 1. The molecule has 0 N–H and O–H groups in total. The number of carbonyl (C=O) groups is 1. The fraction of sp³-hybridized carbons (Fsp3) is 0.714. The van der Waals surface area contributed by atoms with Gasteiger partial charge in [-0.1, -0.05) is 12.8 Å². The van der Waals surface area contributed by atoms with Crippen LogP contribution in [0.2, 0.25) is 0 Å². The molecule has 1 aromatic rings. The molecule has 2 atom stereocenters. The molecule has 19 heavy (non-hydrogen) atoms. The Bertz CT molecular complexity index is 460. The highest BCUT2D eigenvalue weighted by Crippen LogP contribution is 2.39. The molecule has 0 bridgehead atoms. The van der Waals surface area contributed by atoms with Gasteiger partial charge in [0, 0.05) is 18.0 Å². The Kier molecular flexibility index (Phi) is 3.73. The monoisotopic (exact) mass is 280 g/mol. The van der Waals surface area contributed by atoms with Gasteiger partial charge in [-0.15, -0.1) is 11.3 Å². The summed E-state index contributed by atoms with van der Waals surface area (Å²) in [5.41, 5.74) is 0.839. The molecule has 0 radical (unpaired) electrons. The third-order valence-electron chi connectivity index (χ3n) is 4.35. The molecule has 0 spiro atoms. The van der Waals surface area contributed by atoms with Crippen LogP contribution in [-0.2, 0) is 16.0 Å². The van der Waals surface area contributed by atoms with Gasteiger partial charge in [0.1, 0.15) is 0 Å². The molecule has 1 saturated carbocycles. The highest BCUT2D eigenvalue weighted by Gasteiger charge is 2.36. The minimum atomic E-state index is -0.214. The number of hydrogen-bond acceptors (Lipinski definition) is 5. The van der Waals surface area contributed by atoms with Crippen LogP contribution in [0.1, 0.15) is 37.8 Å². The number of rotatable bonds is 3. The lowest BCUT2D eigenvalue weighted by molar-refractivity contribution is -0.139. The molecule has 0 amide bonds. The summed E-state index contributed by atoms with van der Waals surface area (Å²) in [6.45, 7) is 1.13. The van der Waals surface area contributed by atoms with Crippen molar-refractivity contribution < 1.29 is 9.53 Å². The van der Waals surface area contributed by atoms with Crippen LogP contribution in [0.4, 0.5) is 5.13 Å². The molecule has 1 aliphatic carbocycles. The van der Waals surface area contributed by atoms with Gasteiger partial charge in [0.05, 0.1) is 19.2 Å². The fourth-order valence-electron chi connectivity index (χ4n) is 3.37. The molecule has 104 valence electrons. The van der Waals surface area contributed by atoms with Crippen molar-refractivity contribution in [2.75, 3.05) is 18.6 Å². The van der Waals surface area contributed by atoms with Crippen molar-refractivity contribution in [3.05, 3.63) is 11.1 Å². The Morgan fingerprint density at radius 3 is 3.16 bits per heavy atom. The topological polar surface area (TPSA) is 42.4 Å². The number of nitrogens with zero attached hydrogens (tertiary/aromatic N) is 2. The van der Waals surface area contributed by atoms with Crippen molar-refractivity contribution in [2.24, 2.45) is 5.92 Å². The van der Waals surface area contributed by atoms with Gasteiger partial charge in [-0.3, -0.25) is 4.79 Å². The summed E-state index contributed by atoms with van der Waals surface area (Å²) in [6, 6.07) is 0.686. The van der Waals surface area contributed by atoms with E-state index in [0.29, 0.717) is 6.04 Å². The smallest absolute Gasteiger partial charge is 0.311 e. The molecule has 5 heteroatoms. The maximum absolute atomic E-state index is 11.3. The van der Waals surface area contributed by atoms with Gasteiger partial charge in [-0.2, -0.15) is 0 Å². The van der Waals surface area contributed by atoms with Gasteiger partial charge >= 0.3 is 5.97 Å². The normalized spacial score (nSPS) is 26.3. The molecule has 2 heterocycles. The first-order chi connectivity index (χ1) is 9.28. The Hall–Kier alpha value is -1.10. The van der Waals surface area contributed by atoms with Crippen LogP contribution in [0.3, 0.4) is 0 Å². The zero-order valence-electron chi connectivity index (χ0n) is 11.3. The summed E-state index contributed by atoms with van der Waals surface area (Å²) in [6.07, 6.45) is 7.00. The van der Waals surface area contributed by atoms with Crippen molar-refractivity contribution in [3.8, 4) is 0 Å². The third kappa shape index (κ3) is 2.61. The number of thiazole rings is 1. The molecule has 0 aromatic carbocycles. The van der Waals surface area contributed by atoms with E-state index in [1.165, 1.54) is 39.2 Å². The van der Waals surface area contributed by atoms with Crippen LogP contribution in [-0.4, -0.2) is 30.6 Å². The summed E-state index contributed by atoms with van der Waals surface area (Å²) in [7, 11) is 1.42. The molecule has 1 saturated heterocycles. The molecule has 3 rings (SSSR count). The van der Waals surface area contributed by atoms with E-state index in [9.17, 15) is 4.79 Å². The van der Waals surface area contributed by atoms with Crippen LogP contribution < -0.4 is 4.90 Å². The maximum atomic E-state index is 11.3. The minimum absolute atomic E-state index is 0.214. The Balaban J connectivity index is 1.70. The van der Waals surface area contributed by atoms with E-state index in [1.807, 2.05) is 5.38 Å². The van der Waals surface area contributed by atoms with Gasteiger partial charge < -0.3 is 9.64 Å². The largest absolute Gasteiger partial charge is 0.469 e. The number of aromatic nitrogens is 1. The Labute approximate surface area is 117 Å². The molecule has 1 aromatic heterocycles. The van der Waals surface area contributed by atoms with Crippen LogP contribution >= 0.6 is 11.3 Å². The van der Waals surface area contributed by atoms with Crippen molar-refractivity contribution in [1.29, 1.82) is 0 Å². The van der Waals surface area contributed by atoms with Gasteiger partial charge in [0.2, 0.25) is 0 Å². The predicted octanol–water partition coefficient (Wildman–Crippen LogP) is 2.63. The molecule has 4 nitrogen and oxygen atoms in total. The van der Waals surface area contributed by atoms with Crippen molar-refractivity contribution in [2.45, 2.75) is 44.6 Å². The lowest BCUT2D eigenvalue weighted by Crippen LogP contribution is -2.34. The van der Waals surface area contributed by atoms with E-state index < -0.39 is 0 Å². The summed E-state index contributed by atoms with van der Waals surface area (Å²) >= 11 is 1.66. The fourth-order valence-corrected chi connectivity index (χ4v) is 4.28. The van der Waals surface area contributed by atoms with Crippen molar-refractivity contribution in [1.82, 2.24) is 4.98 Å². The van der Waals surface area contributed by atoms with Crippen LogP contribution in [0.25, 0.3) is 0 Å². The van der Waals surface area contributed by atoms with E-state index in [-0.39, 0.29) is 12.4 Å². The average molecular weight is 280 g/mol. The first-order valence-corrected chi connectivity index (χ1v) is 7.94. The number of methoxy groups -OCH3 is 1. The van der Waals surface area contributed by atoms with E-state index in [0.717, 1.165) is 23.3 Å². The van der Waals surface area contributed by atoms with Crippen molar-refractivity contribution in [3.63, 3.8) is 0 Å². The van der Waals surface area contributed by atoms with E-state index in [1.54, 1.807) is 11.3 Å². The second-order valence-corrected chi connectivity index (χ2v) is 6.30. The van der Waals surface area contributed by atoms with Gasteiger partial charge in [-0.25, -0.2) is 4.98 Å². The molecular weight excluding hydrogens is 260 g/mol. The molecule has 2 fully saturated rings. The first-order valence-electron chi connectivity index (χ1n) is 7.06. The van der Waals surface area contributed by atoms with Crippen LogP contribution in [0.15, 0.2) is 5.38 Å². The highest BCUT2D eigenvalue weighted by atomic mass is 32.1. The Morgan fingerprint density at radius 1 is 1.47 bits per heavy atom. The van der Waals surface area contributed by atoms with Crippen molar-refractivity contribution >= 4 is 22.4 Å². The van der Waals surface area contributed by atoms with E-state index >= 15 is 0 Å². The summed E-state index contributed by atoms with van der Waals surface area (Å²) in [5.74, 6) is 0.649. The lowest BCUT2D eigenvalue weighted by atomic mass is 9.85. The quantitative estimate of drug-likeness (QED) is 0.798. The molecule has 1 aliphatic heterocycles. The zero-order valence-corrected chi connectivity index (χ0v) is 12.1. The Morgan fingerprint density at radius 2 is 2.32 bits per heavy atom. The average Bonchev–Trinajstić information content (AvgIpc) is 3.04. The number of esters is 1. The number of ether oxygens (including phenoxy) is 1. The summed E-state index contributed by atoms with van der Waals surface area (Å²) < 4.78 is 4.69. The van der Waals surface area contributed by atoms with Gasteiger partial charge in [-0.05, 0) is 25.2 Å². The molecule has 2 unspecified atom stereocenters. The number of fused-ring (bicyclic) bond motifs is 1. The van der Waals surface area contributed by atoms with E-state index in [2.05, 4.69) is 14.6 Å². The number of carbonyl (C=O) groups excluding carboxylic acids is 1. The standard InChI is InChI=1S/C14H20N2O2S/c1-18-13(17)8-11-9-19-14(15-11)16-7-6-10-4-2-3-5-12(10)16/h9-10,12H,2-8H2,1H3. The first kappa shape index (κ1) is 12.9. The maximum Gasteiger partial charge on any atom is 0.311 e. The highest BCUT2D eigenvalue weighted by molar-refractivity contribution is 7.13. The van der Waals surface area contributed by atoms with Crippen LogP contribution in [0, 0.1) is 5.92 Å². The van der Waals surface area contributed by atoms with Gasteiger partial charge in [0.15, 0.2) is 5.13 Å². The van der Waals surface area contributed by atoms with Crippen LogP contribution in [0.5, 0.6) is 0 Å². The molecular formula is C14H20N2O2S. The minimum Gasteiger partial charge on any atom is -0.469 e. The SMILES string of the molecule is COC(=O)Cc1csc(N2CCC3CCCCC32)n1. The lowest BCUT2D eigenvalue weighted by Gasteiger charge is -2.31. The third-order valence-corrected chi connectivity index (χ3v) is 5.28. The summed E-state index contributed by atoms with van der Waals surface area (Å²) in [5, 5.41) is 3.08. The predicted molar refractivity (Wildman–Crippen MR) is 75.5 cm³/mol. The second kappa shape index (κ2) is 5.49. The molecule has 2 aliphatic rings. The summed E-state index contributed by atoms with van der Waals surface area (Å²) in [4.78, 5) is 18.4.